The Kier molecular flexibility index (Phi) is 12.4. The monoisotopic (exact) mass is 725 g/mol. The fourth-order valence-corrected chi connectivity index (χ4v) is 12.7. The number of ether oxygens (including phenoxy) is 1. The van der Waals surface area contributed by atoms with Crippen molar-refractivity contribution in [3.8, 4) is 5.75 Å². The number of carbonyl (C=O) groups excluding carboxylic acids is 3. The van der Waals surface area contributed by atoms with E-state index < -0.39 is 56.7 Å². The highest BCUT2D eigenvalue weighted by Crippen LogP contribution is 2.47. The number of benzene rings is 3. The van der Waals surface area contributed by atoms with Crippen molar-refractivity contribution < 1.29 is 38.9 Å². The molecule has 0 bridgehead atoms. The summed E-state index contributed by atoms with van der Waals surface area (Å²) in [6.07, 6.45) is 2.56. The molecule has 9 nitrogen and oxygen atoms in total. The molecule has 276 valence electrons. The predicted molar refractivity (Wildman–Crippen MR) is 203 cm³/mol. The number of carbonyl (C=O) groups is 3. The Labute approximate surface area is 307 Å². The summed E-state index contributed by atoms with van der Waals surface area (Å²) in [5, 5.41) is 34.6. The number of hydrogen-bond donors (Lipinski definition) is 3. The zero-order valence-corrected chi connectivity index (χ0v) is 31.7. The number of hydrogen-bond acceptors (Lipinski definition) is 8. The van der Waals surface area contributed by atoms with Gasteiger partial charge in [-0.05, 0) is 69.9 Å². The van der Waals surface area contributed by atoms with E-state index in [2.05, 4.69) is 58.0 Å². The van der Waals surface area contributed by atoms with E-state index in [-0.39, 0.29) is 23.8 Å². The minimum absolute atomic E-state index is 0.0598. The number of rotatable bonds is 13. The molecule has 10 heteroatoms. The van der Waals surface area contributed by atoms with Gasteiger partial charge in [0.1, 0.15) is 5.75 Å². The van der Waals surface area contributed by atoms with Crippen LogP contribution in [-0.2, 0) is 18.8 Å². The fraction of sp³-hybridized carbons (Fsp3) is 0.405. The van der Waals surface area contributed by atoms with Crippen molar-refractivity contribution in [2.45, 2.75) is 70.9 Å². The third-order valence-corrected chi connectivity index (χ3v) is 15.5. The lowest BCUT2D eigenvalue weighted by Gasteiger charge is -2.44. The van der Waals surface area contributed by atoms with Gasteiger partial charge in [-0.25, -0.2) is 4.79 Å². The highest BCUT2D eigenvalue weighted by molar-refractivity contribution is 6.99. The van der Waals surface area contributed by atoms with Crippen LogP contribution in [0, 0.1) is 17.8 Å². The van der Waals surface area contributed by atoms with E-state index >= 15 is 0 Å². The van der Waals surface area contributed by atoms with Crippen molar-refractivity contribution in [2.75, 3.05) is 20.3 Å². The van der Waals surface area contributed by atoms with Crippen LogP contribution < -0.4 is 10.4 Å². The third kappa shape index (κ3) is 7.71. The number of aromatic hydroxyl groups is 1. The first-order valence-corrected chi connectivity index (χ1v) is 20.0. The molecule has 3 amide bonds. The van der Waals surface area contributed by atoms with Crippen LogP contribution >= 0.6 is 0 Å². The zero-order chi connectivity index (χ0) is 37.6. The van der Waals surface area contributed by atoms with Crippen molar-refractivity contribution in [3.05, 3.63) is 107 Å². The molecule has 5 rings (SSSR count). The summed E-state index contributed by atoms with van der Waals surface area (Å²) in [4.78, 5) is 40.6. The van der Waals surface area contributed by atoms with Gasteiger partial charge in [0, 0.05) is 5.92 Å². The van der Waals surface area contributed by atoms with Crippen molar-refractivity contribution in [1.29, 1.82) is 0 Å². The van der Waals surface area contributed by atoms with Crippen LogP contribution in [0.3, 0.4) is 0 Å². The Bertz CT molecular complexity index is 1740. The molecule has 3 N–H and O–H groups in total. The molecule has 0 unspecified atom stereocenters. The Morgan fingerprint density at radius 3 is 2.06 bits per heavy atom. The SMILES string of the molecule is CCC/C(=C\c1ccc(O)cc1)CC[C@@H](O)C1=C(CO[Si](c2ccccc2)(c2ccccc2)C(C)(C)C)C[C@H]2C(=O)N(C(=O)OC)C(=O)[C@H]2[C@H]1CO. The normalized spacial score (nSPS) is 20.2. The van der Waals surface area contributed by atoms with E-state index in [0.29, 0.717) is 28.9 Å². The number of likely N-dealkylation sites (tertiary alicyclic amines) is 1. The smallest absolute Gasteiger partial charge is 0.423 e. The molecule has 1 fully saturated rings. The topological polar surface area (TPSA) is 134 Å². The van der Waals surface area contributed by atoms with Crippen molar-refractivity contribution >= 4 is 42.7 Å². The largest absolute Gasteiger partial charge is 0.508 e. The number of phenols is 1. The molecule has 4 atom stereocenters. The molecule has 3 aromatic carbocycles. The van der Waals surface area contributed by atoms with E-state index in [0.717, 1.165) is 41.5 Å². The summed E-state index contributed by atoms with van der Waals surface area (Å²) in [5.74, 6) is -4.06. The summed E-state index contributed by atoms with van der Waals surface area (Å²) in [6, 6.07) is 27.2. The molecule has 0 radical (unpaired) electrons. The number of methoxy groups -OCH3 is 1. The maximum atomic E-state index is 13.7. The first kappa shape index (κ1) is 38.9. The van der Waals surface area contributed by atoms with Gasteiger partial charge in [-0.2, -0.15) is 4.90 Å². The van der Waals surface area contributed by atoms with E-state index in [1.165, 1.54) is 0 Å². The molecular weight excluding hydrogens is 675 g/mol. The molecule has 0 spiro atoms. The third-order valence-electron chi connectivity index (χ3n) is 10.6. The maximum Gasteiger partial charge on any atom is 0.423 e. The van der Waals surface area contributed by atoms with Gasteiger partial charge in [0.25, 0.3) is 8.32 Å². The van der Waals surface area contributed by atoms with Gasteiger partial charge in [0.15, 0.2) is 0 Å². The summed E-state index contributed by atoms with van der Waals surface area (Å²) in [6.45, 7) is 8.14. The number of fused-ring (bicyclic) bond motifs is 1. The van der Waals surface area contributed by atoms with Gasteiger partial charge in [0.05, 0.1) is 38.3 Å². The summed E-state index contributed by atoms with van der Waals surface area (Å²) in [7, 11) is -1.95. The van der Waals surface area contributed by atoms with Crippen LogP contribution in [0.4, 0.5) is 4.79 Å². The Morgan fingerprint density at radius 1 is 0.942 bits per heavy atom. The van der Waals surface area contributed by atoms with E-state index in [9.17, 15) is 29.7 Å². The van der Waals surface area contributed by atoms with E-state index in [1.807, 2.05) is 48.5 Å². The van der Waals surface area contributed by atoms with Crippen LogP contribution in [0.25, 0.3) is 6.08 Å². The lowest BCUT2D eigenvalue weighted by molar-refractivity contribution is -0.137. The molecule has 1 aliphatic heterocycles. The van der Waals surface area contributed by atoms with Gasteiger partial charge in [-0.1, -0.05) is 119 Å². The number of amides is 3. The summed E-state index contributed by atoms with van der Waals surface area (Å²) < 4.78 is 12.1. The van der Waals surface area contributed by atoms with E-state index in [4.69, 9.17) is 9.16 Å². The molecule has 2 aliphatic rings. The maximum absolute atomic E-state index is 13.7. The minimum Gasteiger partial charge on any atom is -0.508 e. The fourth-order valence-electron chi connectivity index (χ4n) is 8.19. The van der Waals surface area contributed by atoms with Crippen LogP contribution in [0.1, 0.15) is 65.4 Å². The lowest BCUT2D eigenvalue weighted by atomic mass is 9.68. The van der Waals surface area contributed by atoms with Crippen LogP contribution in [-0.4, -0.2) is 72.9 Å². The second kappa shape index (κ2) is 16.5. The molecule has 0 saturated carbocycles. The number of nitrogens with zero attached hydrogens (tertiary/aromatic N) is 1. The number of phenolic OH excluding ortho intramolecular Hbond substituents is 1. The van der Waals surface area contributed by atoms with Crippen molar-refractivity contribution in [1.82, 2.24) is 4.90 Å². The quantitative estimate of drug-likeness (QED) is 0.112. The summed E-state index contributed by atoms with van der Waals surface area (Å²) >= 11 is 0. The van der Waals surface area contributed by atoms with Gasteiger partial charge in [-0.15, -0.1) is 0 Å². The number of allylic oxidation sites excluding steroid dienone is 1. The van der Waals surface area contributed by atoms with Crippen molar-refractivity contribution in [2.24, 2.45) is 17.8 Å². The van der Waals surface area contributed by atoms with Crippen LogP contribution in [0.5, 0.6) is 5.75 Å². The molecule has 3 aromatic rings. The predicted octanol–water partition coefficient (Wildman–Crippen LogP) is 5.97. The molecule has 0 aromatic heterocycles. The Morgan fingerprint density at radius 2 is 1.54 bits per heavy atom. The van der Waals surface area contributed by atoms with E-state index in [1.54, 1.807) is 12.1 Å². The van der Waals surface area contributed by atoms with Gasteiger partial charge in [0.2, 0.25) is 11.8 Å². The average molecular weight is 726 g/mol. The second-order valence-corrected chi connectivity index (χ2v) is 19.1. The Hall–Kier alpha value is -4.35. The lowest BCUT2D eigenvalue weighted by Crippen LogP contribution is -2.66. The average Bonchev–Trinajstić information content (AvgIpc) is 3.39. The number of aliphatic hydroxyl groups is 2. The standard InChI is InChI=1S/C42H51NO8Si/c1-6-13-28(24-29-18-21-31(45)22-19-29)20-23-36(46)37-30(25-34-38(35(37)26-44)40(48)43(39(34)47)41(49)50-5)27-51-52(42(2,3)4,32-14-9-7-10-15-32)33-16-11-8-12-17-33/h7-12,14-19,21-22,24,34-36,38,44-46H,6,13,20,23,25-27H2,1-5H3/b28-24+/t34-,35+,36-,38-/m1/s1. The molecule has 1 heterocycles. The first-order valence-electron chi connectivity index (χ1n) is 18.1. The Balaban J connectivity index is 1.59. The van der Waals surface area contributed by atoms with Crippen LogP contribution in [0.15, 0.2) is 102 Å². The highest BCUT2D eigenvalue weighted by Gasteiger charge is 2.58. The van der Waals surface area contributed by atoms with Gasteiger partial charge in [-0.3, -0.25) is 9.59 Å². The molecule has 52 heavy (non-hydrogen) atoms. The molecular formula is C42H51NO8Si. The van der Waals surface area contributed by atoms with Crippen LogP contribution in [0.2, 0.25) is 5.04 Å². The first-order chi connectivity index (χ1) is 24.9. The number of imide groups is 3. The minimum atomic E-state index is -3.07. The van der Waals surface area contributed by atoms with Gasteiger partial charge < -0.3 is 24.5 Å². The number of aliphatic hydroxyl groups excluding tert-OH is 2. The van der Waals surface area contributed by atoms with Crippen molar-refractivity contribution in [3.63, 3.8) is 0 Å². The zero-order valence-electron chi connectivity index (χ0n) is 30.7. The summed E-state index contributed by atoms with van der Waals surface area (Å²) in [5.41, 5.74) is 3.19. The highest BCUT2D eigenvalue weighted by atomic mass is 28.4. The van der Waals surface area contributed by atoms with Gasteiger partial charge >= 0.3 is 6.09 Å². The molecule has 1 saturated heterocycles. The molecule has 1 aliphatic carbocycles. The second-order valence-electron chi connectivity index (χ2n) is 14.8.